The normalized spacial score (nSPS) is 12.0. The van der Waals surface area contributed by atoms with E-state index in [9.17, 15) is 4.79 Å². The largest absolute Gasteiger partial charge is 0.493 e. The summed E-state index contributed by atoms with van der Waals surface area (Å²) in [6.07, 6.45) is 0.603. The maximum atomic E-state index is 12.4. The molecule has 5 heteroatoms. The van der Waals surface area contributed by atoms with Crippen molar-refractivity contribution in [3.8, 4) is 11.5 Å². The van der Waals surface area contributed by atoms with Crippen LogP contribution < -0.4 is 9.47 Å². The van der Waals surface area contributed by atoms with E-state index >= 15 is 0 Å². The van der Waals surface area contributed by atoms with Crippen LogP contribution in [0.5, 0.6) is 11.5 Å². The molecule has 0 spiro atoms. The van der Waals surface area contributed by atoms with Gasteiger partial charge in [0.25, 0.3) is 0 Å². The Morgan fingerprint density at radius 2 is 1.68 bits per heavy atom. The molecule has 0 aliphatic heterocycles. The van der Waals surface area contributed by atoms with Gasteiger partial charge in [-0.1, -0.05) is 48.0 Å². The van der Waals surface area contributed by atoms with Gasteiger partial charge in [0.05, 0.1) is 19.8 Å². The predicted octanol–water partition coefficient (Wildman–Crippen LogP) is 4.55. The van der Waals surface area contributed by atoms with E-state index in [-0.39, 0.29) is 11.0 Å². The van der Waals surface area contributed by atoms with Gasteiger partial charge in [-0.05, 0) is 38.0 Å². The third-order valence-electron chi connectivity index (χ3n) is 3.71. The van der Waals surface area contributed by atoms with Crippen molar-refractivity contribution in [2.75, 3.05) is 14.2 Å². The molecule has 25 heavy (non-hydrogen) atoms. The number of carbonyl (C=O) groups excluding carboxylic acids is 1. The number of ether oxygens (including phenoxy) is 2. The van der Waals surface area contributed by atoms with Crippen molar-refractivity contribution >= 4 is 22.6 Å². The second kappa shape index (κ2) is 8.17. The molecule has 2 rings (SSSR count). The van der Waals surface area contributed by atoms with Gasteiger partial charge in [-0.2, -0.15) is 0 Å². The predicted molar refractivity (Wildman–Crippen MR) is 101 cm³/mol. The number of carbonyl (C=O) groups is 1. The van der Waals surface area contributed by atoms with Gasteiger partial charge in [0.1, 0.15) is 0 Å². The first-order valence-electron chi connectivity index (χ1n) is 7.92. The smallest absolute Gasteiger partial charge is 0.222 e. The maximum Gasteiger partial charge on any atom is 0.222 e. The van der Waals surface area contributed by atoms with Gasteiger partial charge in [0.2, 0.25) is 5.78 Å². The Morgan fingerprint density at radius 1 is 1.04 bits per heavy atom. The van der Waals surface area contributed by atoms with Gasteiger partial charge in [0, 0.05) is 5.56 Å². The second-order valence-corrected chi connectivity index (χ2v) is 6.63. The second-order valence-electron chi connectivity index (χ2n) is 6.28. The van der Waals surface area contributed by atoms with Crippen LogP contribution in [0, 0.1) is 0 Å². The van der Waals surface area contributed by atoms with E-state index in [2.05, 4.69) is 4.99 Å². The molecule has 0 saturated carbocycles. The minimum absolute atomic E-state index is 0.0170. The number of halogens is 1. The molecule has 0 aliphatic carbocycles. The summed E-state index contributed by atoms with van der Waals surface area (Å²) in [4.78, 5) is 16.8. The Labute approximate surface area is 153 Å². The van der Waals surface area contributed by atoms with Crippen molar-refractivity contribution in [2.24, 2.45) is 4.99 Å². The molecule has 0 aromatic heterocycles. The molecule has 0 N–H and O–H groups in total. The molecule has 0 unspecified atom stereocenters. The van der Waals surface area contributed by atoms with E-state index in [1.54, 1.807) is 38.5 Å². The van der Waals surface area contributed by atoms with Crippen molar-refractivity contribution in [2.45, 2.75) is 25.8 Å². The first-order valence-corrected chi connectivity index (χ1v) is 8.30. The van der Waals surface area contributed by atoms with Crippen LogP contribution in [0.4, 0.5) is 0 Å². The number of aliphatic imine (C=N–C) groups is 1. The van der Waals surface area contributed by atoms with Gasteiger partial charge >= 0.3 is 0 Å². The van der Waals surface area contributed by atoms with E-state index in [0.29, 0.717) is 23.5 Å². The zero-order chi connectivity index (χ0) is 18.4. The zero-order valence-corrected chi connectivity index (χ0v) is 15.6. The molecule has 0 fully saturated rings. The Morgan fingerprint density at radius 3 is 2.28 bits per heavy atom. The fourth-order valence-corrected chi connectivity index (χ4v) is 2.89. The summed E-state index contributed by atoms with van der Waals surface area (Å²) in [6, 6.07) is 14.6. The van der Waals surface area contributed by atoms with Crippen molar-refractivity contribution < 1.29 is 14.3 Å². The Hall–Kier alpha value is -2.33. The van der Waals surface area contributed by atoms with Crippen LogP contribution in [0.3, 0.4) is 0 Å². The average Bonchev–Trinajstić information content (AvgIpc) is 2.60. The first-order chi connectivity index (χ1) is 11.9. The minimum atomic E-state index is -0.541. The van der Waals surface area contributed by atoms with E-state index in [0.717, 1.165) is 5.56 Å². The van der Waals surface area contributed by atoms with Gasteiger partial charge in [0.15, 0.2) is 16.7 Å². The van der Waals surface area contributed by atoms with Crippen LogP contribution in [0.1, 0.15) is 29.8 Å². The number of hydrogen-bond acceptors (Lipinski definition) is 4. The summed E-state index contributed by atoms with van der Waals surface area (Å²) >= 11 is 6.18. The lowest BCUT2D eigenvalue weighted by atomic mass is 9.95. The molecule has 0 radical (unpaired) electrons. The summed E-state index contributed by atoms with van der Waals surface area (Å²) in [5.41, 5.74) is 1.00. The third kappa shape index (κ3) is 5.07. The summed E-state index contributed by atoms with van der Waals surface area (Å²) < 4.78 is 10.6. The van der Waals surface area contributed by atoms with Gasteiger partial charge in [-0.15, -0.1) is 0 Å². The first kappa shape index (κ1) is 19.0. The fourth-order valence-electron chi connectivity index (χ4n) is 2.55. The van der Waals surface area contributed by atoms with E-state index in [4.69, 9.17) is 21.1 Å². The SMILES string of the molecule is COc1ccc(CC(C)(C)N=C(Cl)C(=O)c2ccccc2)cc1OC. The highest BCUT2D eigenvalue weighted by molar-refractivity contribution is 6.85. The number of ketones is 1. The van der Waals surface area contributed by atoms with E-state index in [1.165, 1.54) is 0 Å². The Balaban J connectivity index is 2.19. The highest BCUT2D eigenvalue weighted by Gasteiger charge is 2.22. The Bertz CT molecular complexity index is 770. The Kier molecular flexibility index (Phi) is 6.21. The number of methoxy groups -OCH3 is 2. The lowest BCUT2D eigenvalue weighted by Crippen LogP contribution is -2.24. The van der Waals surface area contributed by atoms with Crippen molar-refractivity contribution in [3.05, 3.63) is 59.7 Å². The highest BCUT2D eigenvalue weighted by atomic mass is 35.5. The minimum Gasteiger partial charge on any atom is -0.493 e. The summed E-state index contributed by atoms with van der Waals surface area (Å²) in [5, 5.41) is -0.0170. The van der Waals surface area contributed by atoms with Crippen molar-refractivity contribution in [1.29, 1.82) is 0 Å². The number of hydrogen-bond donors (Lipinski definition) is 0. The lowest BCUT2D eigenvalue weighted by molar-refractivity contribution is 0.106. The molecule has 0 heterocycles. The van der Waals surface area contributed by atoms with Crippen LogP contribution in [0.2, 0.25) is 0 Å². The van der Waals surface area contributed by atoms with Gasteiger partial charge < -0.3 is 9.47 Å². The average molecular weight is 360 g/mol. The molecule has 0 atom stereocenters. The van der Waals surface area contributed by atoms with Crippen molar-refractivity contribution in [3.63, 3.8) is 0 Å². The molecule has 0 aliphatic rings. The van der Waals surface area contributed by atoms with Crippen LogP contribution in [0.25, 0.3) is 0 Å². The van der Waals surface area contributed by atoms with Gasteiger partial charge in [-0.3, -0.25) is 9.79 Å². The molecular weight excluding hydrogens is 338 g/mol. The number of Topliss-reactive ketones (excluding diaryl/α,β-unsaturated/α-hetero) is 1. The molecular formula is C20H22ClNO3. The van der Waals surface area contributed by atoms with Crippen LogP contribution in [0.15, 0.2) is 53.5 Å². The fraction of sp³-hybridized carbons (Fsp3) is 0.300. The van der Waals surface area contributed by atoms with Crippen LogP contribution >= 0.6 is 11.6 Å². The summed E-state index contributed by atoms with van der Waals surface area (Å²) in [5.74, 6) is 1.05. The lowest BCUT2D eigenvalue weighted by Gasteiger charge is -2.21. The number of nitrogens with zero attached hydrogens (tertiary/aromatic N) is 1. The molecule has 0 bridgehead atoms. The molecule has 4 nitrogen and oxygen atoms in total. The topological polar surface area (TPSA) is 47.9 Å². The van der Waals surface area contributed by atoms with Crippen LogP contribution in [-0.4, -0.2) is 30.7 Å². The van der Waals surface area contributed by atoms with Crippen LogP contribution in [-0.2, 0) is 6.42 Å². The maximum absolute atomic E-state index is 12.4. The number of benzene rings is 2. The monoisotopic (exact) mass is 359 g/mol. The summed E-state index contributed by atoms with van der Waals surface area (Å²) in [6.45, 7) is 3.87. The number of rotatable bonds is 7. The standard InChI is InChI=1S/C20H22ClNO3/c1-20(2,13-14-10-11-16(24-3)17(12-14)25-4)22-19(21)18(23)15-8-6-5-7-9-15/h5-12H,13H2,1-4H3. The zero-order valence-electron chi connectivity index (χ0n) is 14.9. The van der Waals surface area contributed by atoms with Gasteiger partial charge in [-0.25, -0.2) is 0 Å². The molecule has 2 aromatic rings. The molecule has 2 aromatic carbocycles. The quantitative estimate of drug-likeness (QED) is 0.538. The molecule has 0 amide bonds. The van der Waals surface area contributed by atoms with E-state index in [1.807, 2.05) is 38.1 Å². The highest BCUT2D eigenvalue weighted by Crippen LogP contribution is 2.29. The summed E-state index contributed by atoms with van der Waals surface area (Å²) in [7, 11) is 3.20. The van der Waals surface area contributed by atoms with E-state index < -0.39 is 5.54 Å². The third-order valence-corrected chi connectivity index (χ3v) is 3.97. The molecule has 132 valence electrons. The van der Waals surface area contributed by atoms with Crippen molar-refractivity contribution in [1.82, 2.24) is 0 Å². The molecule has 0 saturated heterocycles.